The Morgan fingerprint density at radius 2 is 2.37 bits per heavy atom. The molecule has 0 spiro atoms. The number of hydrogen-bond donors (Lipinski definition) is 2. The maximum Gasteiger partial charge on any atom is 0.239 e. The number of likely N-dealkylation sites (tertiary alicyclic amines) is 1. The van der Waals surface area contributed by atoms with E-state index in [4.69, 9.17) is 23.2 Å². The third kappa shape index (κ3) is 4.04. The van der Waals surface area contributed by atoms with E-state index in [9.17, 15) is 9.90 Å². The number of pyridine rings is 1. The van der Waals surface area contributed by atoms with Crippen LogP contribution in [0.3, 0.4) is 0 Å². The predicted molar refractivity (Wildman–Crippen MR) is 74.6 cm³/mol. The summed E-state index contributed by atoms with van der Waals surface area (Å²) in [5, 5.41) is 13.2. The number of hydrogen-bond acceptors (Lipinski definition) is 4. The van der Waals surface area contributed by atoms with Gasteiger partial charge in [-0.25, -0.2) is 4.98 Å². The summed E-state index contributed by atoms with van der Waals surface area (Å²) < 4.78 is 0. The van der Waals surface area contributed by atoms with Gasteiger partial charge in [0.2, 0.25) is 5.91 Å². The zero-order valence-corrected chi connectivity index (χ0v) is 12.0. The number of aromatic nitrogens is 1. The van der Waals surface area contributed by atoms with E-state index in [1.54, 1.807) is 6.92 Å². The van der Waals surface area contributed by atoms with Crippen LogP contribution in [0.4, 0.5) is 5.82 Å². The second-order valence-electron chi connectivity index (χ2n) is 4.99. The maximum atomic E-state index is 11.9. The Bertz CT molecular complexity index is 494. The topological polar surface area (TPSA) is 65.5 Å². The van der Waals surface area contributed by atoms with Crippen molar-refractivity contribution in [1.29, 1.82) is 0 Å². The Hall–Kier alpha value is -0.880. The van der Waals surface area contributed by atoms with Gasteiger partial charge in [0.25, 0.3) is 0 Å². The lowest BCUT2D eigenvalue weighted by molar-refractivity contribution is -0.117. The highest BCUT2D eigenvalue weighted by Gasteiger charge is 2.32. The Morgan fingerprint density at radius 3 is 2.95 bits per heavy atom. The maximum absolute atomic E-state index is 11.9. The molecule has 0 saturated carbocycles. The van der Waals surface area contributed by atoms with Crippen molar-refractivity contribution in [2.45, 2.75) is 18.9 Å². The van der Waals surface area contributed by atoms with Gasteiger partial charge in [0.15, 0.2) is 5.82 Å². The smallest absolute Gasteiger partial charge is 0.239 e. The molecule has 0 bridgehead atoms. The lowest BCUT2D eigenvalue weighted by atomic mass is 10.1. The number of nitrogens with zero attached hydrogens (tertiary/aromatic N) is 2. The number of anilines is 1. The monoisotopic (exact) mass is 303 g/mol. The molecule has 0 aromatic carbocycles. The molecule has 1 aliphatic heterocycles. The second kappa shape index (κ2) is 5.63. The minimum absolute atomic E-state index is 0.205. The molecule has 5 nitrogen and oxygen atoms in total. The number of carbonyl (C=O) groups excluding carboxylic acids is 1. The summed E-state index contributed by atoms with van der Waals surface area (Å²) >= 11 is 11.6. The third-order valence-corrected chi connectivity index (χ3v) is 3.46. The second-order valence-corrected chi connectivity index (χ2v) is 5.83. The molecule has 2 rings (SSSR count). The molecule has 0 aliphatic carbocycles. The van der Waals surface area contributed by atoms with Crippen molar-refractivity contribution < 1.29 is 9.90 Å². The average molecular weight is 304 g/mol. The molecule has 1 aromatic heterocycles. The third-order valence-electron chi connectivity index (χ3n) is 2.96. The van der Waals surface area contributed by atoms with Crippen LogP contribution in [0.5, 0.6) is 0 Å². The minimum atomic E-state index is -0.712. The van der Waals surface area contributed by atoms with Crippen molar-refractivity contribution in [2.24, 2.45) is 0 Å². The Balaban J connectivity index is 1.91. The molecule has 0 radical (unpaired) electrons. The highest BCUT2D eigenvalue weighted by molar-refractivity contribution is 6.36. The van der Waals surface area contributed by atoms with Crippen LogP contribution in [0.2, 0.25) is 10.0 Å². The van der Waals surface area contributed by atoms with E-state index in [0.29, 0.717) is 35.4 Å². The molecule has 1 fully saturated rings. The normalized spacial score (nSPS) is 23.6. The van der Waals surface area contributed by atoms with Crippen molar-refractivity contribution in [3.63, 3.8) is 0 Å². The van der Waals surface area contributed by atoms with Gasteiger partial charge in [-0.1, -0.05) is 23.2 Å². The van der Waals surface area contributed by atoms with Crippen LogP contribution >= 0.6 is 23.2 Å². The molecular formula is C12H15Cl2N3O2. The molecule has 1 unspecified atom stereocenters. The van der Waals surface area contributed by atoms with E-state index in [2.05, 4.69) is 10.3 Å². The van der Waals surface area contributed by atoms with E-state index in [1.807, 2.05) is 4.90 Å². The summed E-state index contributed by atoms with van der Waals surface area (Å²) in [7, 11) is 0. The fourth-order valence-corrected chi connectivity index (χ4v) is 2.48. The van der Waals surface area contributed by atoms with Crippen LogP contribution in [0.1, 0.15) is 13.3 Å². The van der Waals surface area contributed by atoms with Crippen molar-refractivity contribution in [3.05, 3.63) is 22.3 Å². The van der Waals surface area contributed by atoms with Crippen molar-refractivity contribution >= 4 is 34.9 Å². The van der Waals surface area contributed by atoms with Crippen molar-refractivity contribution in [1.82, 2.24) is 9.88 Å². The van der Waals surface area contributed by atoms with Gasteiger partial charge in [0.1, 0.15) is 0 Å². The first-order chi connectivity index (χ1) is 8.85. The molecule has 1 saturated heterocycles. The molecule has 1 amide bonds. The lowest BCUT2D eigenvalue weighted by Crippen LogP contribution is -2.35. The van der Waals surface area contributed by atoms with Gasteiger partial charge in [-0.05, 0) is 19.4 Å². The molecule has 2 N–H and O–H groups in total. The summed E-state index contributed by atoms with van der Waals surface area (Å²) in [6.07, 6.45) is 2.09. The molecule has 19 heavy (non-hydrogen) atoms. The number of aliphatic hydroxyl groups is 1. The number of halogens is 2. The van der Waals surface area contributed by atoms with E-state index in [0.717, 1.165) is 0 Å². The van der Waals surface area contributed by atoms with Crippen LogP contribution in [-0.4, -0.2) is 46.1 Å². The SMILES string of the molecule is CC1(O)CCN(CC(=O)Nc2ncc(Cl)cc2Cl)C1. The largest absolute Gasteiger partial charge is 0.389 e. The van der Waals surface area contributed by atoms with Crippen molar-refractivity contribution in [2.75, 3.05) is 25.0 Å². The minimum Gasteiger partial charge on any atom is -0.389 e. The molecule has 1 aliphatic rings. The van der Waals surface area contributed by atoms with Gasteiger partial charge in [0.05, 0.1) is 22.2 Å². The number of amides is 1. The summed E-state index contributed by atoms with van der Waals surface area (Å²) in [6, 6.07) is 1.52. The van der Waals surface area contributed by atoms with Crippen LogP contribution in [0.15, 0.2) is 12.3 Å². The zero-order valence-electron chi connectivity index (χ0n) is 10.5. The quantitative estimate of drug-likeness (QED) is 0.893. The van der Waals surface area contributed by atoms with Crippen molar-refractivity contribution in [3.8, 4) is 0 Å². The molecule has 1 atom stereocenters. The fraction of sp³-hybridized carbons (Fsp3) is 0.500. The molecular weight excluding hydrogens is 289 g/mol. The zero-order chi connectivity index (χ0) is 14.0. The lowest BCUT2D eigenvalue weighted by Gasteiger charge is -2.18. The standard InChI is InChI=1S/C12H15Cl2N3O2/c1-12(19)2-3-17(7-12)6-10(18)16-11-9(14)4-8(13)5-15-11/h4-5,19H,2-3,6-7H2,1H3,(H,15,16,18). The average Bonchev–Trinajstić information content (AvgIpc) is 2.62. The van der Waals surface area contributed by atoms with Crippen LogP contribution in [0, 0.1) is 0 Å². The van der Waals surface area contributed by atoms with Crippen LogP contribution in [0.25, 0.3) is 0 Å². The van der Waals surface area contributed by atoms with Gasteiger partial charge in [0, 0.05) is 19.3 Å². The highest BCUT2D eigenvalue weighted by Crippen LogP contribution is 2.23. The first kappa shape index (κ1) is 14.5. The first-order valence-corrected chi connectivity index (χ1v) is 6.67. The van der Waals surface area contributed by atoms with Gasteiger partial charge < -0.3 is 10.4 Å². The Kier molecular flexibility index (Phi) is 4.30. The van der Waals surface area contributed by atoms with Crippen LogP contribution in [-0.2, 0) is 4.79 Å². The summed E-state index contributed by atoms with van der Waals surface area (Å²) in [4.78, 5) is 17.7. The predicted octanol–water partition coefficient (Wildman–Crippen LogP) is 1.78. The molecule has 2 heterocycles. The van der Waals surface area contributed by atoms with Gasteiger partial charge >= 0.3 is 0 Å². The van der Waals surface area contributed by atoms with E-state index in [1.165, 1.54) is 12.3 Å². The van der Waals surface area contributed by atoms with Crippen LogP contribution < -0.4 is 5.32 Å². The summed E-state index contributed by atoms with van der Waals surface area (Å²) in [5.74, 6) is 0.0800. The Labute approximate surface area is 121 Å². The first-order valence-electron chi connectivity index (χ1n) is 5.91. The molecule has 104 valence electrons. The number of rotatable bonds is 3. The number of carbonyl (C=O) groups is 1. The summed E-state index contributed by atoms with van der Waals surface area (Å²) in [5.41, 5.74) is -0.712. The van der Waals surface area contributed by atoms with Gasteiger partial charge in [-0.2, -0.15) is 0 Å². The molecule has 7 heteroatoms. The molecule has 1 aromatic rings. The Morgan fingerprint density at radius 1 is 1.63 bits per heavy atom. The highest BCUT2D eigenvalue weighted by atomic mass is 35.5. The van der Waals surface area contributed by atoms with Gasteiger partial charge in [-0.3, -0.25) is 9.69 Å². The van der Waals surface area contributed by atoms with E-state index >= 15 is 0 Å². The number of β-amino-alcohol motifs (C(OH)–C–C–N with tert-alkyl or cyclic N) is 1. The van der Waals surface area contributed by atoms with E-state index < -0.39 is 5.60 Å². The van der Waals surface area contributed by atoms with E-state index in [-0.39, 0.29) is 12.5 Å². The van der Waals surface area contributed by atoms with Gasteiger partial charge in [-0.15, -0.1) is 0 Å². The number of nitrogens with one attached hydrogen (secondary N) is 1. The fourth-order valence-electron chi connectivity index (χ4n) is 2.05. The summed E-state index contributed by atoms with van der Waals surface area (Å²) in [6.45, 7) is 3.16.